The summed E-state index contributed by atoms with van der Waals surface area (Å²) in [4.78, 5) is 0.161. The van der Waals surface area contributed by atoms with E-state index in [2.05, 4.69) is 0 Å². The van der Waals surface area contributed by atoms with Crippen LogP contribution in [0.25, 0.3) is 0 Å². The van der Waals surface area contributed by atoms with Gasteiger partial charge in [0.1, 0.15) is 10.6 Å². The van der Waals surface area contributed by atoms with Crippen molar-refractivity contribution in [2.24, 2.45) is 0 Å². The van der Waals surface area contributed by atoms with Gasteiger partial charge in [-0.25, -0.2) is 8.42 Å². The third-order valence-electron chi connectivity index (χ3n) is 3.52. The smallest absolute Gasteiger partial charge is 0.247 e. The average molecular weight is 334 g/mol. The number of nitrogens with zero attached hydrogens (tertiary/aromatic N) is 1. The molecule has 0 aliphatic carbocycles. The molecule has 7 heteroatoms. The Morgan fingerprint density at radius 1 is 1.43 bits per heavy atom. The van der Waals surface area contributed by atoms with Gasteiger partial charge >= 0.3 is 0 Å². The summed E-state index contributed by atoms with van der Waals surface area (Å²) in [6.45, 7) is 4.79. The molecule has 1 aliphatic heterocycles. The van der Waals surface area contributed by atoms with Crippen molar-refractivity contribution in [3.05, 3.63) is 23.8 Å². The fraction of sp³-hybridized carbons (Fsp3) is 0.571. The van der Waals surface area contributed by atoms with Crippen LogP contribution in [-0.4, -0.2) is 45.1 Å². The van der Waals surface area contributed by atoms with Crippen LogP contribution in [0.5, 0.6) is 5.75 Å². The molecule has 0 radical (unpaired) electrons. The molecule has 1 heterocycles. The summed E-state index contributed by atoms with van der Waals surface area (Å²) in [6.07, 6.45) is 0. The van der Waals surface area contributed by atoms with E-state index in [1.807, 2.05) is 13.8 Å². The van der Waals surface area contributed by atoms with E-state index >= 15 is 0 Å². The van der Waals surface area contributed by atoms with Gasteiger partial charge in [-0.2, -0.15) is 4.31 Å². The molecule has 2 rings (SSSR count). The Morgan fingerprint density at radius 2 is 2.14 bits per heavy atom. The van der Waals surface area contributed by atoms with Crippen molar-refractivity contribution in [1.82, 2.24) is 4.31 Å². The second-order valence-electron chi connectivity index (χ2n) is 5.56. The highest BCUT2D eigenvalue weighted by Crippen LogP contribution is 2.33. The predicted molar refractivity (Wildman–Crippen MR) is 81.3 cm³/mol. The Morgan fingerprint density at radius 3 is 2.71 bits per heavy atom. The molecule has 21 heavy (non-hydrogen) atoms. The zero-order valence-corrected chi connectivity index (χ0v) is 14.0. The van der Waals surface area contributed by atoms with Crippen molar-refractivity contribution in [2.45, 2.75) is 30.2 Å². The first kappa shape index (κ1) is 16.5. The number of hydrogen-bond donors (Lipinski definition) is 0. The van der Waals surface area contributed by atoms with Crippen LogP contribution in [0.2, 0.25) is 0 Å². The summed E-state index contributed by atoms with van der Waals surface area (Å²) < 4.78 is 38.0. The van der Waals surface area contributed by atoms with E-state index in [4.69, 9.17) is 21.1 Å². The molecule has 0 N–H and O–H groups in total. The third kappa shape index (κ3) is 3.18. The maximum atomic E-state index is 12.9. The molecule has 1 saturated heterocycles. The molecule has 5 nitrogen and oxygen atoms in total. The zero-order chi connectivity index (χ0) is 15.7. The molecular formula is C14H20ClNO4S. The summed E-state index contributed by atoms with van der Waals surface area (Å²) in [6, 6.07) is 4.92. The number of benzene rings is 1. The molecule has 1 aromatic carbocycles. The lowest BCUT2D eigenvalue weighted by atomic mass is 10.1. The first-order valence-corrected chi connectivity index (χ1v) is 8.64. The Labute approximate surface area is 130 Å². The first-order valence-electron chi connectivity index (χ1n) is 6.66. The van der Waals surface area contributed by atoms with E-state index in [0.29, 0.717) is 31.4 Å². The van der Waals surface area contributed by atoms with Gasteiger partial charge in [-0.15, -0.1) is 11.6 Å². The van der Waals surface area contributed by atoms with Gasteiger partial charge in [0.2, 0.25) is 10.0 Å². The van der Waals surface area contributed by atoms with Gasteiger partial charge < -0.3 is 9.47 Å². The molecule has 0 atom stereocenters. The number of alkyl halides is 1. The Kier molecular flexibility index (Phi) is 4.82. The summed E-state index contributed by atoms with van der Waals surface area (Å²) in [7, 11) is -2.20. The Bertz CT molecular complexity index is 615. The highest BCUT2D eigenvalue weighted by molar-refractivity contribution is 7.89. The molecule has 118 valence electrons. The molecular weight excluding hydrogens is 314 g/mol. The monoisotopic (exact) mass is 333 g/mol. The molecule has 0 aromatic heterocycles. The average Bonchev–Trinajstić information content (AvgIpc) is 2.45. The minimum atomic E-state index is -3.65. The number of hydrogen-bond acceptors (Lipinski definition) is 4. The van der Waals surface area contributed by atoms with Crippen LogP contribution in [0.15, 0.2) is 23.1 Å². The second-order valence-corrected chi connectivity index (χ2v) is 7.66. The van der Waals surface area contributed by atoms with Crippen molar-refractivity contribution in [1.29, 1.82) is 0 Å². The standard InChI is InChI=1S/C14H20ClNO4S/c1-14(2)10-20-7-6-16(14)21(17,18)13-5-4-11(9-15)8-12(13)19-3/h4-5,8H,6-7,9-10H2,1-3H3. The van der Waals surface area contributed by atoms with Crippen LogP contribution >= 0.6 is 11.6 Å². The van der Waals surface area contributed by atoms with E-state index in [1.165, 1.54) is 11.4 Å². The van der Waals surface area contributed by atoms with Crippen molar-refractivity contribution in [3.8, 4) is 5.75 Å². The van der Waals surface area contributed by atoms with Crippen LogP contribution < -0.4 is 4.74 Å². The number of halogens is 1. The molecule has 1 aromatic rings. The summed E-state index contributed by atoms with van der Waals surface area (Å²) in [5.74, 6) is 0.621. The van der Waals surface area contributed by atoms with Crippen molar-refractivity contribution < 1.29 is 17.9 Å². The quantitative estimate of drug-likeness (QED) is 0.793. The molecule has 0 bridgehead atoms. The fourth-order valence-corrected chi connectivity index (χ4v) is 4.47. The Hall–Kier alpha value is -0.820. The lowest BCUT2D eigenvalue weighted by Crippen LogP contribution is -2.55. The van der Waals surface area contributed by atoms with E-state index in [9.17, 15) is 8.42 Å². The first-order chi connectivity index (χ1) is 9.82. The van der Waals surface area contributed by atoms with Gasteiger partial charge in [-0.3, -0.25) is 0 Å². The molecule has 0 amide bonds. The highest BCUT2D eigenvalue weighted by atomic mass is 35.5. The van der Waals surface area contributed by atoms with Gasteiger partial charge in [0.05, 0.1) is 25.9 Å². The predicted octanol–water partition coefficient (Wildman–Crippen LogP) is 2.23. The van der Waals surface area contributed by atoms with Crippen LogP contribution in [0.3, 0.4) is 0 Å². The Balaban J connectivity index is 2.48. The van der Waals surface area contributed by atoms with Crippen LogP contribution in [0.4, 0.5) is 0 Å². The topological polar surface area (TPSA) is 55.8 Å². The largest absolute Gasteiger partial charge is 0.495 e. The van der Waals surface area contributed by atoms with Crippen LogP contribution in [0, 0.1) is 0 Å². The van der Waals surface area contributed by atoms with E-state index < -0.39 is 15.6 Å². The fourth-order valence-electron chi connectivity index (χ4n) is 2.42. The lowest BCUT2D eigenvalue weighted by molar-refractivity contribution is -0.00776. The van der Waals surface area contributed by atoms with Gasteiger partial charge in [-0.1, -0.05) is 6.07 Å². The minimum Gasteiger partial charge on any atom is -0.495 e. The molecule has 1 aliphatic rings. The molecule has 0 spiro atoms. The normalized spacial score (nSPS) is 19.4. The maximum absolute atomic E-state index is 12.9. The van der Waals surface area contributed by atoms with E-state index in [0.717, 1.165) is 5.56 Å². The van der Waals surface area contributed by atoms with Crippen molar-refractivity contribution in [2.75, 3.05) is 26.9 Å². The number of methoxy groups -OCH3 is 1. The third-order valence-corrected chi connectivity index (χ3v) is 5.98. The zero-order valence-electron chi connectivity index (χ0n) is 12.4. The van der Waals surface area contributed by atoms with Gasteiger partial charge in [0.25, 0.3) is 0 Å². The highest BCUT2D eigenvalue weighted by Gasteiger charge is 2.40. The maximum Gasteiger partial charge on any atom is 0.247 e. The number of morpholine rings is 1. The minimum absolute atomic E-state index is 0.161. The molecule has 0 saturated carbocycles. The van der Waals surface area contributed by atoms with Crippen molar-refractivity contribution in [3.63, 3.8) is 0 Å². The summed E-state index contributed by atoms with van der Waals surface area (Å²) in [5.41, 5.74) is 0.224. The van der Waals surface area contributed by atoms with Crippen LogP contribution in [-0.2, 0) is 20.6 Å². The van der Waals surface area contributed by atoms with Crippen LogP contribution in [0.1, 0.15) is 19.4 Å². The summed E-state index contributed by atoms with van der Waals surface area (Å²) in [5, 5.41) is 0. The number of sulfonamides is 1. The van der Waals surface area contributed by atoms with Gasteiger partial charge in [0, 0.05) is 12.4 Å². The number of rotatable bonds is 4. The van der Waals surface area contributed by atoms with Gasteiger partial charge in [-0.05, 0) is 31.5 Å². The second kappa shape index (κ2) is 6.12. The number of ether oxygens (including phenoxy) is 2. The van der Waals surface area contributed by atoms with Crippen molar-refractivity contribution >= 4 is 21.6 Å². The lowest BCUT2D eigenvalue weighted by Gasteiger charge is -2.40. The summed E-state index contributed by atoms with van der Waals surface area (Å²) >= 11 is 5.78. The molecule has 0 unspecified atom stereocenters. The van der Waals surface area contributed by atoms with E-state index in [-0.39, 0.29) is 4.90 Å². The van der Waals surface area contributed by atoms with Gasteiger partial charge in [0.15, 0.2) is 0 Å². The van der Waals surface area contributed by atoms with E-state index in [1.54, 1.807) is 18.2 Å². The molecule has 1 fully saturated rings. The SMILES string of the molecule is COc1cc(CCl)ccc1S(=O)(=O)N1CCOCC1(C)C.